The Hall–Kier alpha value is -2.45. The highest BCUT2D eigenvalue weighted by atomic mass is 32.1. The van der Waals surface area contributed by atoms with E-state index in [1.54, 1.807) is 19.1 Å². The van der Waals surface area contributed by atoms with Crippen LogP contribution in [0.4, 0.5) is 10.7 Å². The Morgan fingerprint density at radius 2 is 2.04 bits per heavy atom. The van der Waals surface area contributed by atoms with Crippen molar-refractivity contribution in [3.8, 4) is 0 Å². The van der Waals surface area contributed by atoms with Gasteiger partial charge in [-0.3, -0.25) is 0 Å². The number of aromatic carboxylic acids is 1. The Kier molecular flexibility index (Phi) is 6.08. The molecule has 3 rings (SSSR count). The summed E-state index contributed by atoms with van der Waals surface area (Å²) in [5.74, 6) is -1.34. The molecule has 0 spiro atoms. The minimum Gasteiger partial charge on any atom is -0.478 e. The van der Waals surface area contributed by atoms with Gasteiger partial charge in [-0.15, -0.1) is 11.3 Å². The number of hydrogen-bond donors (Lipinski definition) is 3. The molecule has 0 aliphatic heterocycles. The fourth-order valence-electron chi connectivity index (χ4n) is 3.07. The molecule has 0 bridgehead atoms. The highest BCUT2D eigenvalue weighted by Gasteiger charge is 2.26. The van der Waals surface area contributed by atoms with Gasteiger partial charge < -0.3 is 20.5 Å². The van der Waals surface area contributed by atoms with Crippen LogP contribution >= 0.6 is 23.6 Å². The van der Waals surface area contributed by atoms with Gasteiger partial charge in [0.2, 0.25) is 0 Å². The smallest absolute Gasteiger partial charge is 0.341 e. The van der Waals surface area contributed by atoms with E-state index in [1.807, 2.05) is 0 Å². The molecule has 3 N–H and O–H groups in total. The second kappa shape index (κ2) is 8.49. The van der Waals surface area contributed by atoms with E-state index >= 15 is 0 Å². The summed E-state index contributed by atoms with van der Waals surface area (Å²) in [4.78, 5) is 24.8. The van der Waals surface area contributed by atoms with Crippen LogP contribution in [0, 0.1) is 0 Å². The molecular weight excluding hydrogens is 384 g/mol. The number of esters is 1. The molecule has 1 aromatic heterocycles. The number of fused-ring (bicyclic) bond motifs is 1. The van der Waals surface area contributed by atoms with Crippen molar-refractivity contribution in [3.05, 3.63) is 45.8 Å². The molecule has 1 aromatic carbocycles. The standard InChI is InChI=1S/C19H20N2O4S2/c1-2-25-18(24)15-13-8-3-4-9-14(13)27-16(15)21-19(26)20-12-7-5-6-11(10-12)17(22)23/h5-7,10H,2-4,8-9H2,1H3,(H,22,23)(H2,20,21,26). The van der Waals surface area contributed by atoms with Gasteiger partial charge in [0.1, 0.15) is 5.00 Å². The van der Waals surface area contributed by atoms with Crippen LogP contribution < -0.4 is 10.6 Å². The number of thiophene rings is 1. The number of ether oxygens (including phenoxy) is 1. The third-order valence-electron chi connectivity index (χ3n) is 4.25. The molecule has 1 aliphatic carbocycles. The Balaban J connectivity index is 1.81. The molecule has 0 amide bonds. The largest absolute Gasteiger partial charge is 0.478 e. The normalized spacial score (nSPS) is 12.8. The van der Waals surface area contributed by atoms with E-state index in [9.17, 15) is 9.59 Å². The van der Waals surface area contributed by atoms with Crippen LogP contribution in [0.15, 0.2) is 24.3 Å². The van der Waals surface area contributed by atoms with Crippen LogP contribution in [0.1, 0.15) is 50.9 Å². The molecule has 0 radical (unpaired) electrons. The fraction of sp³-hybridized carbons (Fsp3) is 0.316. The van der Waals surface area contributed by atoms with Crippen molar-refractivity contribution in [1.82, 2.24) is 0 Å². The minimum absolute atomic E-state index is 0.168. The number of rotatable bonds is 5. The number of carboxylic acid groups (broad SMARTS) is 1. The molecule has 0 saturated carbocycles. The molecular formula is C19H20N2O4S2. The van der Waals surface area contributed by atoms with Crippen molar-refractivity contribution in [3.63, 3.8) is 0 Å². The van der Waals surface area contributed by atoms with Crippen molar-refractivity contribution in [1.29, 1.82) is 0 Å². The summed E-state index contributed by atoms with van der Waals surface area (Å²) in [6, 6.07) is 6.38. The predicted molar refractivity (Wildman–Crippen MR) is 110 cm³/mol. The first-order chi connectivity index (χ1) is 13.0. The highest BCUT2D eigenvalue weighted by Crippen LogP contribution is 2.38. The second-order valence-corrected chi connectivity index (χ2v) is 7.61. The average Bonchev–Trinajstić information content (AvgIpc) is 2.99. The Morgan fingerprint density at radius 1 is 1.26 bits per heavy atom. The lowest BCUT2D eigenvalue weighted by Crippen LogP contribution is -2.20. The van der Waals surface area contributed by atoms with Gasteiger partial charge in [-0.05, 0) is 68.6 Å². The van der Waals surface area contributed by atoms with Crippen LogP contribution in [0.2, 0.25) is 0 Å². The summed E-state index contributed by atoms with van der Waals surface area (Å²) in [5, 5.41) is 16.1. The van der Waals surface area contributed by atoms with Crippen LogP contribution in [-0.4, -0.2) is 28.8 Å². The SMILES string of the molecule is CCOC(=O)c1c(NC(=S)Nc2cccc(C(=O)O)c2)sc2c1CCCC2. The molecule has 6 nitrogen and oxygen atoms in total. The van der Waals surface area contributed by atoms with Gasteiger partial charge >= 0.3 is 11.9 Å². The maximum absolute atomic E-state index is 12.5. The number of thiocarbonyl (C=S) groups is 1. The first-order valence-electron chi connectivity index (χ1n) is 8.72. The van der Waals surface area contributed by atoms with Gasteiger partial charge in [-0.2, -0.15) is 0 Å². The number of hydrogen-bond acceptors (Lipinski definition) is 5. The van der Waals surface area contributed by atoms with Crippen molar-refractivity contribution < 1.29 is 19.4 Å². The zero-order chi connectivity index (χ0) is 19.4. The Labute approximate surface area is 166 Å². The molecule has 27 heavy (non-hydrogen) atoms. The second-order valence-electron chi connectivity index (χ2n) is 6.10. The van der Waals surface area contributed by atoms with Gasteiger partial charge in [-0.25, -0.2) is 9.59 Å². The predicted octanol–water partition coefficient (Wildman–Crippen LogP) is 4.31. The topological polar surface area (TPSA) is 87.7 Å². The van der Waals surface area contributed by atoms with Crippen LogP contribution in [0.25, 0.3) is 0 Å². The van der Waals surface area contributed by atoms with Gasteiger partial charge in [0.15, 0.2) is 5.11 Å². The summed E-state index contributed by atoms with van der Waals surface area (Å²) in [6.45, 7) is 2.10. The summed E-state index contributed by atoms with van der Waals surface area (Å²) < 4.78 is 5.23. The monoisotopic (exact) mass is 404 g/mol. The minimum atomic E-state index is -1.01. The van der Waals surface area contributed by atoms with Crippen molar-refractivity contribution >= 4 is 51.3 Å². The first-order valence-corrected chi connectivity index (χ1v) is 9.95. The number of benzene rings is 1. The quantitative estimate of drug-likeness (QED) is 0.505. The lowest BCUT2D eigenvalue weighted by molar-refractivity contribution is 0.0526. The van der Waals surface area contributed by atoms with E-state index in [0.717, 1.165) is 31.2 Å². The highest BCUT2D eigenvalue weighted by molar-refractivity contribution is 7.80. The summed E-state index contributed by atoms with van der Waals surface area (Å²) >= 11 is 6.89. The fourth-order valence-corrected chi connectivity index (χ4v) is 4.63. The third-order valence-corrected chi connectivity index (χ3v) is 5.66. The molecule has 0 unspecified atom stereocenters. The molecule has 0 atom stereocenters. The maximum Gasteiger partial charge on any atom is 0.341 e. The number of anilines is 2. The van der Waals surface area contributed by atoms with E-state index in [-0.39, 0.29) is 11.5 Å². The molecule has 1 aliphatic rings. The number of carbonyl (C=O) groups is 2. The summed E-state index contributed by atoms with van der Waals surface area (Å²) in [7, 11) is 0. The van der Waals surface area contributed by atoms with Crippen LogP contribution in [-0.2, 0) is 17.6 Å². The van der Waals surface area contributed by atoms with Gasteiger partial charge in [0.25, 0.3) is 0 Å². The summed E-state index contributed by atoms with van der Waals surface area (Å²) in [5.41, 5.74) is 2.36. The number of aryl methyl sites for hydroxylation is 1. The third kappa shape index (κ3) is 4.45. The van der Waals surface area contributed by atoms with Crippen molar-refractivity contribution in [2.24, 2.45) is 0 Å². The summed E-state index contributed by atoms with van der Waals surface area (Å²) in [6.07, 6.45) is 3.98. The van der Waals surface area contributed by atoms with Crippen molar-refractivity contribution in [2.75, 3.05) is 17.2 Å². The van der Waals surface area contributed by atoms with Crippen LogP contribution in [0.5, 0.6) is 0 Å². The lowest BCUT2D eigenvalue weighted by atomic mass is 9.95. The van der Waals surface area contributed by atoms with E-state index < -0.39 is 5.97 Å². The van der Waals surface area contributed by atoms with Gasteiger partial charge in [0.05, 0.1) is 17.7 Å². The van der Waals surface area contributed by atoms with E-state index in [4.69, 9.17) is 22.1 Å². The number of carbonyl (C=O) groups excluding carboxylic acids is 1. The Bertz CT molecular complexity index is 892. The first kappa shape index (κ1) is 19.3. The van der Waals surface area contributed by atoms with E-state index in [1.165, 1.54) is 28.3 Å². The van der Waals surface area contributed by atoms with Crippen molar-refractivity contribution in [2.45, 2.75) is 32.6 Å². The number of carboxylic acids is 1. The zero-order valence-electron chi connectivity index (χ0n) is 14.8. The Morgan fingerprint density at radius 3 is 2.78 bits per heavy atom. The molecule has 0 saturated heterocycles. The molecule has 8 heteroatoms. The average molecular weight is 405 g/mol. The molecule has 1 heterocycles. The van der Waals surface area contributed by atoms with Crippen LogP contribution in [0.3, 0.4) is 0 Å². The van der Waals surface area contributed by atoms with E-state index in [0.29, 0.717) is 28.0 Å². The van der Waals surface area contributed by atoms with Gasteiger partial charge in [-0.1, -0.05) is 6.07 Å². The number of nitrogens with one attached hydrogen (secondary N) is 2. The van der Waals surface area contributed by atoms with E-state index in [2.05, 4.69) is 10.6 Å². The lowest BCUT2D eigenvalue weighted by Gasteiger charge is -2.13. The zero-order valence-corrected chi connectivity index (χ0v) is 16.5. The molecule has 2 aromatic rings. The molecule has 0 fully saturated rings. The van der Waals surface area contributed by atoms with Gasteiger partial charge in [0, 0.05) is 10.6 Å². The maximum atomic E-state index is 12.5. The molecule has 142 valence electrons.